The quantitative estimate of drug-likeness (QED) is 0.926. The SMILES string of the molecule is COc1ccc(N2CC(C(=O)NC(C)(C)C)CC2=O)cc1. The normalized spacial score (nSPS) is 18.8. The summed E-state index contributed by atoms with van der Waals surface area (Å²) >= 11 is 0. The third kappa shape index (κ3) is 3.74. The third-order valence-electron chi connectivity index (χ3n) is 3.38. The van der Waals surface area contributed by atoms with Crippen molar-refractivity contribution >= 4 is 17.5 Å². The van der Waals surface area contributed by atoms with E-state index < -0.39 is 0 Å². The molecule has 21 heavy (non-hydrogen) atoms. The first-order chi connectivity index (χ1) is 9.80. The Morgan fingerprint density at radius 1 is 1.29 bits per heavy atom. The van der Waals surface area contributed by atoms with Gasteiger partial charge in [-0.1, -0.05) is 0 Å². The molecule has 5 heteroatoms. The number of hydrogen-bond donors (Lipinski definition) is 1. The Bertz CT molecular complexity index is 531. The highest BCUT2D eigenvalue weighted by Crippen LogP contribution is 2.27. The summed E-state index contributed by atoms with van der Waals surface area (Å²) in [5, 5.41) is 2.93. The standard InChI is InChI=1S/C16H22N2O3/c1-16(2,3)17-15(20)11-9-14(19)18(10-11)12-5-7-13(21-4)8-6-12/h5-8,11H,9-10H2,1-4H3,(H,17,20). The van der Waals surface area contributed by atoms with Gasteiger partial charge in [0.15, 0.2) is 0 Å². The van der Waals surface area contributed by atoms with E-state index in [1.54, 1.807) is 12.0 Å². The molecule has 1 fully saturated rings. The molecular formula is C16H22N2O3. The molecule has 1 aliphatic rings. The number of ether oxygens (including phenoxy) is 1. The Morgan fingerprint density at radius 2 is 1.90 bits per heavy atom. The van der Waals surface area contributed by atoms with Crippen LogP contribution in [0.1, 0.15) is 27.2 Å². The van der Waals surface area contributed by atoms with Crippen molar-refractivity contribution in [3.8, 4) is 5.75 Å². The molecule has 1 unspecified atom stereocenters. The van der Waals surface area contributed by atoms with E-state index in [4.69, 9.17) is 4.74 Å². The van der Waals surface area contributed by atoms with Crippen LogP contribution >= 0.6 is 0 Å². The van der Waals surface area contributed by atoms with Crippen LogP contribution in [0.3, 0.4) is 0 Å². The van der Waals surface area contributed by atoms with Crippen LogP contribution in [0.15, 0.2) is 24.3 Å². The maximum atomic E-state index is 12.2. The van der Waals surface area contributed by atoms with Gasteiger partial charge in [-0.15, -0.1) is 0 Å². The molecule has 0 spiro atoms. The highest BCUT2D eigenvalue weighted by Gasteiger charge is 2.36. The summed E-state index contributed by atoms with van der Waals surface area (Å²) in [6.45, 7) is 6.22. The average Bonchev–Trinajstić information content (AvgIpc) is 2.79. The Kier molecular flexibility index (Phi) is 4.21. The minimum absolute atomic E-state index is 0.0192. The van der Waals surface area contributed by atoms with E-state index in [9.17, 15) is 9.59 Å². The van der Waals surface area contributed by atoms with Gasteiger partial charge < -0.3 is 15.0 Å². The van der Waals surface area contributed by atoms with Crippen LogP contribution in [-0.2, 0) is 9.59 Å². The minimum Gasteiger partial charge on any atom is -0.497 e. The van der Waals surface area contributed by atoms with Crippen LogP contribution in [-0.4, -0.2) is 31.0 Å². The molecule has 0 aromatic heterocycles. The molecule has 1 aromatic carbocycles. The van der Waals surface area contributed by atoms with Crippen LogP contribution in [0.4, 0.5) is 5.69 Å². The Labute approximate surface area is 125 Å². The molecule has 2 amide bonds. The second kappa shape index (κ2) is 5.76. The summed E-state index contributed by atoms with van der Waals surface area (Å²) in [6, 6.07) is 7.29. The zero-order valence-corrected chi connectivity index (χ0v) is 13.0. The van der Waals surface area contributed by atoms with E-state index in [1.165, 1.54) is 0 Å². The Hall–Kier alpha value is -2.04. The van der Waals surface area contributed by atoms with E-state index in [2.05, 4.69) is 5.32 Å². The third-order valence-corrected chi connectivity index (χ3v) is 3.38. The van der Waals surface area contributed by atoms with Crippen LogP contribution in [0.2, 0.25) is 0 Å². The first-order valence-corrected chi connectivity index (χ1v) is 7.06. The number of nitrogens with one attached hydrogen (secondary N) is 1. The maximum absolute atomic E-state index is 12.2. The molecule has 0 radical (unpaired) electrons. The number of benzene rings is 1. The highest BCUT2D eigenvalue weighted by molar-refractivity contribution is 6.00. The van der Waals surface area contributed by atoms with Crippen LogP contribution < -0.4 is 15.0 Å². The van der Waals surface area contributed by atoms with Gasteiger partial charge in [0.2, 0.25) is 11.8 Å². The van der Waals surface area contributed by atoms with Gasteiger partial charge in [0, 0.05) is 24.2 Å². The predicted molar refractivity (Wildman–Crippen MR) is 81.3 cm³/mol. The van der Waals surface area contributed by atoms with Gasteiger partial charge in [-0.05, 0) is 45.0 Å². The number of carbonyl (C=O) groups is 2. The topological polar surface area (TPSA) is 58.6 Å². The second-order valence-corrected chi connectivity index (χ2v) is 6.34. The summed E-state index contributed by atoms with van der Waals surface area (Å²) in [5.74, 6) is 0.368. The summed E-state index contributed by atoms with van der Waals surface area (Å²) in [5.41, 5.74) is 0.514. The van der Waals surface area contributed by atoms with E-state index >= 15 is 0 Å². The number of hydrogen-bond acceptors (Lipinski definition) is 3. The fourth-order valence-corrected chi connectivity index (χ4v) is 2.37. The fraction of sp³-hybridized carbons (Fsp3) is 0.500. The number of amides is 2. The van der Waals surface area contributed by atoms with Gasteiger partial charge in [-0.25, -0.2) is 0 Å². The van der Waals surface area contributed by atoms with Crippen molar-refractivity contribution in [3.63, 3.8) is 0 Å². The van der Waals surface area contributed by atoms with Gasteiger partial charge in [-0.2, -0.15) is 0 Å². The van der Waals surface area contributed by atoms with Crippen LogP contribution in [0, 0.1) is 5.92 Å². The van der Waals surface area contributed by atoms with Crippen LogP contribution in [0.25, 0.3) is 0 Å². The van der Waals surface area contributed by atoms with Crippen molar-refractivity contribution in [2.75, 3.05) is 18.6 Å². The van der Waals surface area contributed by atoms with Crippen molar-refractivity contribution in [1.82, 2.24) is 5.32 Å². The Morgan fingerprint density at radius 3 is 2.43 bits per heavy atom. The summed E-state index contributed by atoms with van der Waals surface area (Å²) in [7, 11) is 1.60. The molecule has 0 aliphatic carbocycles. The number of anilines is 1. The lowest BCUT2D eigenvalue weighted by Gasteiger charge is -2.23. The molecule has 1 saturated heterocycles. The monoisotopic (exact) mass is 290 g/mol. The molecule has 1 N–H and O–H groups in total. The second-order valence-electron chi connectivity index (χ2n) is 6.34. The first kappa shape index (κ1) is 15.4. The molecular weight excluding hydrogens is 268 g/mol. The zero-order chi connectivity index (χ0) is 15.6. The van der Waals surface area contributed by atoms with E-state index in [0.717, 1.165) is 11.4 Å². The van der Waals surface area contributed by atoms with E-state index in [0.29, 0.717) is 6.54 Å². The van der Waals surface area contributed by atoms with Crippen molar-refractivity contribution in [2.24, 2.45) is 5.92 Å². The smallest absolute Gasteiger partial charge is 0.227 e. The van der Waals surface area contributed by atoms with Crippen molar-refractivity contribution in [1.29, 1.82) is 0 Å². The molecule has 5 nitrogen and oxygen atoms in total. The first-order valence-electron chi connectivity index (χ1n) is 7.06. The van der Waals surface area contributed by atoms with Gasteiger partial charge in [0.05, 0.1) is 13.0 Å². The van der Waals surface area contributed by atoms with Gasteiger partial charge in [0.1, 0.15) is 5.75 Å². The summed E-state index contributed by atoms with van der Waals surface area (Å²) in [6.07, 6.45) is 0.258. The lowest BCUT2D eigenvalue weighted by atomic mass is 10.0. The van der Waals surface area contributed by atoms with Gasteiger partial charge in [-0.3, -0.25) is 9.59 Å². The number of carbonyl (C=O) groups excluding carboxylic acids is 2. The van der Waals surface area contributed by atoms with Crippen molar-refractivity contribution < 1.29 is 14.3 Å². The molecule has 1 heterocycles. The largest absolute Gasteiger partial charge is 0.497 e. The molecule has 0 saturated carbocycles. The van der Waals surface area contributed by atoms with Gasteiger partial charge >= 0.3 is 0 Å². The summed E-state index contributed by atoms with van der Waals surface area (Å²) in [4.78, 5) is 26.0. The average molecular weight is 290 g/mol. The molecule has 0 bridgehead atoms. The number of rotatable bonds is 3. The molecule has 1 aliphatic heterocycles. The Balaban J connectivity index is 2.07. The van der Waals surface area contributed by atoms with Crippen LogP contribution in [0.5, 0.6) is 5.75 Å². The lowest BCUT2D eigenvalue weighted by molar-refractivity contribution is -0.127. The molecule has 2 rings (SSSR count). The molecule has 1 aromatic rings. The minimum atomic E-state index is -0.293. The molecule has 114 valence electrons. The van der Waals surface area contributed by atoms with Crippen molar-refractivity contribution in [3.05, 3.63) is 24.3 Å². The highest BCUT2D eigenvalue weighted by atomic mass is 16.5. The maximum Gasteiger partial charge on any atom is 0.227 e. The van der Waals surface area contributed by atoms with E-state index in [1.807, 2.05) is 45.0 Å². The van der Waals surface area contributed by atoms with Gasteiger partial charge in [0.25, 0.3) is 0 Å². The van der Waals surface area contributed by atoms with Crippen molar-refractivity contribution in [2.45, 2.75) is 32.7 Å². The number of methoxy groups -OCH3 is 1. The zero-order valence-electron chi connectivity index (χ0n) is 13.0. The lowest BCUT2D eigenvalue weighted by Crippen LogP contribution is -2.44. The summed E-state index contributed by atoms with van der Waals surface area (Å²) < 4.78 is 5.11. The number of nitrogens with zero attached hydrogens (tertiary/aromatic N) is 1. The molecule has 1 atom stereocenters. The fourth-order valence-electron chi connectivity index (χ4n) is 2.37. The van der Waals surface area contributed by atoms with E-state index in [-0.39, 0.29) is 29.7 Å². The predicted octanol–water partition coefficient (Wildman–Crippen LogP) is 1.96.